The number of hydrogen-bond acceptors (Lipinski definition) is 3. The molecule has 1 aliphatic heterocycles. The van der Waals surface area contributed by atoms with Crippen molar-refractivity contribution in [2.45, 2.75) is 43.9 Å². The number of rotatable bonds is 4. The van der Waals surface area contributed by atoms with Gasteiger partial charge in [-0.15, -0.1) is 0 Å². The molecule has 0 aromatic rings. The predicted octanol–water partition coefficient (Wildman–Crippen LogP) is 0.552. The molecule has 1 saturated carbocycles. The molecule has 0 aromatic carbocycles. The summed E-state index contributed by atoms with van der Waals surface area (Å²) >= 11 is 0. The second-order valence-corrected chi connectivity index (χ2v) is 6.61. The van der Waals surface area contributed by atoms with E-state index in [0.29, 0.717) is 6.54 Å². The molecule has 1 N–H and O–H groups in total. The molecule has 88 valence electrons. The van der Waals surface area contributed by atoms with E-state index in [9.17, 15) is 8.42 Å². The van der Waals surface area contributed by atoms with Crippen molar-refractivity contribution < 1.29 is 8.42 Å². The third-order valence-corrected chi connectivity index (χ3v) is 5.79. The molecule has 1 heterocycles. The van der Waals surface area contributed by atoms with Crippen LogP contribution >= 0.6 is 0 Å². The van der Waals surface area contributed by atoms with E-state index < -0.39 is 10.0 Å². The number of nitrogens with zero attached hydrogens (tertiary/aromatic N) is 1. The van der Waals surface area contributed by atoms with Crippen molar-refractivity contribution in [1.29, 1.82) is 0 Å². The summed E-state index contributed by atoms with van der Waals surface area (Å²) in [6, 6.07) is 0.189. The lowest BCUT2D eigenvalue weighted by molar-refractivity contribution is 0.274. The first-order valence-corrected chi connectivity index (χ1v) is 7.38. The van der Waals surface area contributed by atoms with E-state index in [0.717, 1.165) is 38.8 Å². The van der Waals surface area contributed by atoms with E-state index >= 15 is 0 Å². The van der Waals surface area contributed by atoms with Crippen molar-refractivity contribution in [3.63, 3.8) is 0 Å². The maximum atomic E-state index is 12.1. The van der Waals surface area contributed by atoms with Gasteiger partial charge in [0.25, 0.3) is 0 Å². The standard InChI is InChI=1S/C10H20N2O2S/c1-2-12(9-4-3-7-11-8-9)15(13,14)10-5-6-10/h9-11H,2-8H2,1H3. The summed E-state index contributed by atoms with van der Waals surface area (Å²) < 4.78 is 26.0. The van der Waals surface area contributed by atoms with Crippen LogP contribution in [0.25, 0.3) is 0 Å². The molecular formula is C10H20N2O2S. The number of hydrogen-bond donors (Lipinski definition) is 1. The smallest absolute Gasteiger partial charge is 0.217 e. The van der Waals surface area contributed by atoms with Crippen molar-refractivity contribution in [2.75, 3.05) is 19.6 Å². The highest BCUT2D eigenvalue weighted by molar-refractivity contribution is 7.90. The summed E-state index contributed by atoms with van der Waals surface area (Å²) in [4.78, 5) is 0. The van der Waals surface area contributed by atoms with Gasteiger partial charge >= 0.3 is 0 Å². The highest BCUT2D eigenvalue weighted by Gasteiger charge is 2.42. The fraction of sp³-hybridized carbons (Fsp3) is 1.00. The van der Waals surface area contributed by atoms with Gasteiger partial charge in [-0.25, -0.2) is 8.42 Å². The van der Waals surface area contributed by atoms with Crippen LogP contribution in [0.2, 0.25) is 0 Å². The summed E-state index contributed by atoms with van der Waals surface area (Å²) in [7, 11) is -2.98. The van der Waals surface area contributed by atoms with Crippen molar-refractivity contribution in [1.82, 2.24) is 9.62 Å². The molecule has 0 radical (unpaired) electrons. The molecule has 0 amide bonds. The molecular weight excluding hydrogens is 212 g/mol. The first kappa shape index (κ1) is 11.4. The van der Waals surface area contributed by atoms with Crippen molar-refractivity contribution in [2.24, 2.45) is 0 Å². The van der Waals surface area contributed by atoms with Crippen LogP contribution in [-0.4, -0.2) is 43.6 Å². The average molecular weight is 232 g/mol. The quantitative estimate of drug-likeness (QED) is 0.770. The van der Waals surface area contributed by atoms with Crippen LogP contribution in [0.1, 0.15) is 32.6 Å². The van der Waals surface area contributed by atoms with Gasteiger partial charge < -0.3 is 5.32 Å². The van der Waals surface area contributed by atoms with Gasteiger partial charge in [0.1, 0.15) is 0 Å². The molecule has 2 rings (SSSR count). The van der Waals surface area contributed by atoms with Gasteiger partial charge in [-0.05, 0) is 32.2 Å². The van der Waals surface area contributed by atoms with Crippen LogP contribution in [0.4, 0.5) is 0 Å². The van der Waals surface area contributed by atoms with Gasteiger partial charge in [0.05, 0.1) is 5.25 Å². The van der Waals surface area contributed by atoms with E-state index in [-0.39, 0.29) is 11.3 Å². The first-order valence-electron chi connectivity index (χ1n) is 5.87. The number of nitrogens with one attached hydrogen (secondary N) is 1. The van der Waals surface area contributed by atoms with Gasteiger partial charge in [-0.3, -0.25) is 0 Å². The fourth-order valence-corrected chi connectivity index (χ4v) is 4.35. The minimum atomic E-state index is -2.98. The average Bonchev–Trinajstić information content (AvgIpc) is 3.03. The molecule has 2 fully saturated rings. The largest absolute Gasteiger partial charge is 0.315 e. The molecule has 1 atom stereocenters. The van der Waals surface area contributed by atoms with Crippen molar-refractivity contribution >= 4 is 10.0 Å². The van der Waals surface area contributed by atoms with E-state index in [2.05, 4.69) is 5.32 Å². The Bertz CT molecular complexity index is 305. The Morgan fingerprint density at radius 2 is 2.07 bits per heavy atom. The Balaban J connectivity index is 2.08. The van der Waals surface area contributed by atoms with Gasteiger partial charge in [0, 0.05) is 19.1 Å². The van der Waals surface area contributed by atoms with Gasteiger partial charge in [-0.2, -0.15) is 4.31 Å². The molecule has 5 heteroatoms. The molecule has 2 aliphatic rings. The Morgan fingerprint density at radius 1 is 1.33 bits per heavy atom. The third-order valence-electron chi connectivity index (χ3n) is 3.26. The van der Waals surface area contributed by atoms with E-state index in [4.69, 9.17) is 0 Å². The summed E-state index contributed by atoms with van der Waals surface area (Å²) in [6.07, 6.45) is 3.81. The lowest BCUT2D eigenvalue weighted by Crippen LogP contribution is -2.49. The lowest BCUT2D eigenvalue weighted by Gasteiger charge is -2.33. The van der Waals surface area contributed by atoms with E-state index in [1.165, 1.54) is 0 Å². The Hall–Kier alpha value is -0.130. The summed E-state index contributed by atoms with van der Waals surface area (Å²) in [5, 5.41) is 3.20. The highest BCUT2D eigenvalue weighted by atomic mass is 32.2. The lowest BCUT2D eigenvalue weighted by atomic mass is 10.1. The molecule has 4 nitrogen and oxygen atoms in total. The summed E-state index contributed by atoms with van der Waals surface area (Å²) in [6.45, 7) is 4.40. The zero-order valence-electron chi connectivity index (χ0n) is 9.28. The van der Waals surface area contributed by atoms with Gasteiger partial charge in [0.15, 0.2) is 0 Å². The molecule has 1 aliphatic carbocycles. The molecule has 15 heavy (non-hydrogen) atoms. The summed E-state index contributed by atoms with van der Waals surface area (Å²) in [5.41, 5.74) is 0. The topological polar surface area (TPSA) is 49.4 Å². The number of piperidine rings is 1. The second-order valence-electron chi connectivity index (χ2n) is 4.45. The Morgan fingerprint density at radius 3 is 2.53 bits per heavy atom. The second kappa shape index (κ2) is 4.39. The molecule has 0 spiro atoms. The maximum Gasteiger partial charge on any atom is 0.217 e. The van der Waals surface area contributed by atoms with Crippen LogP contribution in [-0.2, 0) is 10.0 Å². The van der Waals surface area contributed by atoms with E-state index in [1.54, 1.807) is 4.31 Å². The number of sulfonamides is 1. The van der Waals surface area contributed by atoms with Crippen LogP contribution in [0, 0.1) is 0 Å². The molecule has 1 unspecified atom stereocenters. The normalized spacial score (nSPS) is 28.3. The molecule has 0 aromatic heterocycles. The Kier molecular flexibility index (Phi) is 3.33. The molecule has 0 bridgehead atoms. The van der Waals surface area contributed by atoms with E-state index in [1.807, 2.05) is 6.92 Å². The zero-order valence-corrected chi connectivity index (χ0v) is 10.1. The Labute approximate surface area is 92.1 Å². The fourth-order valence-electron chi connectivity index (χ4n) is 2.28. The van der Waals surface area contributed by atoms with Gasteiger partial charge in [0.2, 0.25) is 10.0 Å². The summed E-state index contributed by atoms with van der Waals surface area (Å²) in [5.74, 6) is 0. The first-order chi connectivity index (χ1) is 7.16. The predicted molar refractivity (Wildman–Crippen MR) is 60.2 cm³/mol. The zero-order chi connectivity index (χ0) is 10.9. The number of likely N-dealkylation sites (N-methyl/N-ethyl adjacent to an activating group) is 1. The van der Waals surface area contributed by atoms with Crippen LogP contribution in [0.3, 0.4) is 0 Å². The monoisotopic (exact) mass is 232 g/mol. The maximum absolute atomic E-state index is 12.1. The van der Waals surface area contributed by atoms with Crippen molar-refractivity contribution in [3.05, 3.63) is 0 Å². The van der Waals surface area contributed by atoms with Crippen LogP contribution in [0.5, 0.6) is 0 Å². The highest BCUT2D eigenvalue weighted by Crippen LogP contribution is 2.32. The minimum Gasteiger partial charge on any atom is -0.315 e. The third kappa shape index (κ3) is 2.34. The van der Waals surface area contributed by atoms with Crippen molar-refractivity contribution in [3.8, 4) is 0 Å². The van der Waals surface area contributed by atoms with Crippen LogP contribution in [0.15, 0.2) is 0 Å². The van der Waals surface area contributed by atoms with Crippen LogP contribution < -0.4 is 5.32 Å². The molecule has 1 saturated heterocycles. The van der Waals surface area contributed by atoms with Gasteiger partial charge in [-0.1, -0.05) is 6.92 Å². The minimum absolute atomic E-state index is 0.0700. The SMILES string of the molecule is CCN(C1CCCNC1)S(=O)(=O)C1CC1.